The Labute approximate surface area is 104 Å². The first-order chi connectivity index (χ1) is 7.89. The molecule has 1 aliphatic rings. The fraction of sp³-hybridized carbons (Fsp3) is 0.556. The van der Waals surface area contributed by atoms with Crippen LogP contribution in [0.1, 0.15) is 10.5 Å². The van der Waals surface area contributed by atoms with Gasteiger partial charge in [0.25, 0.3) is 5.91 Å². The highest BCUT2D eigenvalue weighted by molar-refractivity contribution is 7.91. The summed E-state index contributed by atoms with van der Waals surface area (Å²) in [5.74, 6) is -0.562. The van der Waals surface area contributed by atoms with Gasteiger partial charge in [-0.15, -0.1) is 11.6 Å². The molecule has 8 heteroatoms. The molecule has 0 aromatic carbocycles. The number of amides is 1. The minimum Gasteiger partial charge on any atom is -0.345 e. The third-order valence-electron chi connectivity index (χ3n) is 2.65. The topological polar surface area (TPSA) is 81.1 Å². The first-order valence-electron chi connectivity index (χ1n) is 5.01. The summed E-state index contributed by atoms with van der Waals surface area (Å²) >= 11 is 5.89. The van der Waals surface area contributed by atoms with E-state index in [1.165, 1.54) is 12.5 Å². The van der Waals surface area contributed by atoms with Crippen molar-refractivity contribution in [2.45, 2.75) is 11.4 Å². The maximum absolute atomic E-state index is 11.8. The Morgan fingerprint density at radius 1 is 1.59 bits per heavy atom. The van der Waals surface area contributed by atoms with Crippen molar-refractivity contribution in [1.29, 1.82) is 0 Å². The molecule has 1 aromatic heterocycles. The summed E-state index contributed by atoms with van der Waals surface area (Å²) in [5.41, 5.74) is 0.373. The number of alkyl halides is 1. The molecule has 0 bridgehead atoms. The van der Waals surface area contributed by atoms with Gasteiger partial charge in [0, 0.05) is 7.05 Å². The Morgan fingerprint density at radius 3 is 2.76 bits per heavy atom. The van der Waals surface area contributed by atoms with Gasteiger partial charge in [0.15, 0.2) is 9.84 Å². The van der Waals surface area contributed by atoms with E-state index in [2.05, 4.69) is 10.3 Å². The third kappa shape index (κ3) is 2.61. The van der Waals surface area contributed by atoms with Crippen molar-refractivity contribution in [3.8, 4) is 0 Å². The highest BCUT2D eigenvalue weighted by atomic mass is 35.5. The summed E-state index contributed by atoms with van der Waals surface area (Å²) in [4.78, 5) is 15.6. The van der Waals surface area contributed by atoms with E-state index < -0.39 is 21.3 Å². The molecule has 1 fully saturated rings. The smallest absolute Gasteiger partial charge is 0.269 e. The molecular formula is C9H12ClN3O3S. The van der Waals surface area contributed by atoms with Gasteiger partial charge in [-0.3, -0.25) is 4.79 Å². The number of halogens is 1. The molecule has 1 aromatic rings. The largest absolute Gasteiger partial charge is 0.345 e. The van der Waals surface area contributed by atoms with Crippen LogP contribution in [-0.4, -0.2) is 46.8 Å². The number of sulfone groups is 1. The van der Waals surface area contributed by atoms with E-state index in [0.29, 0.717) is 5.69 Å². The quantitative estimate of drug-likeness (QED) is 0.743. The first kappa shape index (κ1) is 12.4. The van der Waals surface area contributed by atoms with Crippen LogP contribution in [0.2, 0.25) is 0 Å². The molecule has 0 spiro atoms. The van der Waals surface area contributed by atoms with Crippen molar-refractivity contribution in [2.24, 2.45) is 7.05 Å². The monoisotopic (exact) mass is 277 g/mol. The summed E-state index contributed by atoms with van der Waals surface area (Å²) < 4.78 is 24.2. The second kappa shape index (κ2) is 4.30. The van der Waals surface area contributed by atoms with Crippen LogP contribution in [0.15, 0.2) is 12.5 Å². The maximum atomic E-state index is 11.8. The highest BCUT2D eigenvalue weighted by Gasteiger charge is 2.37. The van der Waals surface area contributed by atoms with Gasteiger partial charge < -0.3 is 9.88 Å². The normalized spacial score (nSPS) is 26.9. The molecule has 2 heterocycles. The number of aryl methyl sites for hydroxylation is 1. The number of hydrogen-bond donors (Lipinski definition) is 1. The highest BCUT2D eigenvalue weighted by Crippen LogP contribution is 2.18. The van der Waals surface area contributed by atoms with E-state index in [1.807, 2.05) is 0 Å². The van der Waals surface area contributed by atoms with Gasteiger partial charge in [0.1, 0.15) is 5.69 Å². The van der Waals surface area contributed by atoms with Crippen molar-refractivity contribution in [2.75, 3.05) is 11.5 Å². The predicted octanol–water partition coefficient (Wildman–Crippen LogP) is -0.446. The van der Waals surface area contributed by atoms with Crippen LogP contribution in [0.4, 0.5) is 0 Å². The van der Waals surface area contributed by atoms with Gasteiger partial charge in [-0.25, -0.2) is 13.4 Å². The molecular weight excluding hydrogens is 266 g/mol. The Kier molecular flexibility index (Phi) is 3.13. The molecule has 1 N–H and O–H groups in total. The lowest BCUT2D eigenvalue weighted by atomic mass is 10.2. The Balaban J connectivity index is 2.08. The minimum atomic E-state index is -3.14. The first-order valence-corrected chi connectivity index (χ1v) is 7.26. The molecule has 1 saturated heterocycles. The molecule has 0 aliphatic carbocycles. The van der Waals surface area contributed by atoms with Crippen molar-refractivity contribution in [1.82, 2.24) is 14.9 Å². The van der Waals surface area contributed by atoms with Crippen molar-refractivity contribution in [3.05, 3.63) is 18.2 Å². The number of hydrogen-bond acceptors (Lipinski definition) is 4. The Morgan fingerprint density at radius 2 is 2.29 bits per heavy atom. The Bertz CT molecular complexity index is 539. The van der Waals surface area contributed by atoms with E-state index in [-0.39, 0.29) is 17.4 Å². The standard InChI is InChI=1S/C9H12ClN3O3S/c1-13-5-11-2-8(13)9(14)12-7-4-17(15,16)3-6(7)10/h2,5-7H,3-4H2,1H3,(H,12,14). The molecule has 6 nitrogen and oxygen atoms in total. The van der Waals surface area contributed by atoms with Gasteiger partial charge in [0.2, 0.25) is 0 Å². The van der Waals surface area contributed by atoms with Gasteiger partial charge in [-0.1, -0.05) is 0 Å². The average Bonchev–Trinajstić information content (AvgIpc) is 2.71. The van der Waals surface area contributed by atoms with Crippen LogP contribution in [0, 0.1) is 0 Å². The van der Waals surface area contributed by atoms with Gasteiger partial charge >= 0.3 is 0 Å². The zero-order chi connectivity index (χ0) is 12.6. The van der Waals surface area contributed by atoms with Gasteiger partial charge in [0.05, 0.1) is 35.4 Å². The van der Waals surface area contributed by atoms with Crippen molar-refractivity contribution < 1.29 is 13.2 Å². The number of carbonyl (C=O) groups is 1. The van der Waals surface area contributed by atoms with Crippen LogP contribution >= 0.6 is 11.6 Å². The molecule has 2 atom stereocenters. The Hall–Kier alpha value is -1.08. The lowest BCUT2D eigenvalue weighted by Gasteiger charge is -2.14. The molecule has 94 valence electrons. The molecule has 2 rings (SSSR count). The zero-order valence-electron chi connectivity index (χ0n) is 9.13. The van der Waals surface area contributed by atoms with Crippen LogP contribution in [0.3, 0.4) is 0 Å². The number of nitrogens with one attached hydrogen (secondary N) is 1. The van der Waals surface area contributed by atoms with Gasteiger partial charge in [-0.2, -0.15) is 0 Å². The molecule has 0 saturated carbocycles. The van der Waals surface area contributed by atoms with E-state index in [4.69, 9.17) is 11.6 Å². The molecule has 0 radical (unpaired) electrons. The zero-order valence-corrected chi connectivity index (χ0v) is 10.7. The van der Waals surface area contributed by atoms with Crippen LogP contribution in [-0.2, 0) is 16.9 Å². The second-order valence-corrected chi connectivity index (χ2v) is 6.78. The molecule has 2 unspecified atom stereocenters. The van der Waals surface area contributed by atoms with E-state index in [9.17, 15) is 13.2 Å². The van der Waals surface area contributed by atoms with E-state index in [1.54, 1.807) is 11.6 Å². The summed E-state index contributed by atoms with van der Waals surface area (Å²) in [6.07, 6.45) is 2.92. The molecule has 1 amide bonds. The lowest BCUT2D eigenvalue weighted by Crippen LogP contribution is -2.41. The van der Waals surface area contributed by atoms with E-state index in [0.717, 1.165) is 0 Å². The van der Waals surface area contributed by atoms with Crippen LogP contribution in [0.5, 0.6) is 0 Å². The lowest BCUT2D eigenvalue weighted by molar-refractivity contribution is 0.0933. The molecule has 1 aliphatic heterocycles. The molecule has 17 heavy (non-hydrogen) atoms. The van der Waals surface area contributed by atoms with Crippen molar-refractivity contribution >= 4 is 27.3 Å². The number of rotatable bonds is 2. The SMILES string of the molecule is Cn1cncc1C(=O)NC1CS(=O)(=O)CC1Cl. The average molecular weight is 278 g/mol. The number of nitrogens with zero attached hydrogens (tertiary/aromatic N) is 2. The van der Waals surface area contributed by atoms with Gasteiger partial charge in [-0.05, 0) is 0 Å². The number of imidazole rings is 1. The van der Waals surface area contributed by atoms with Crippen LogP contribution < -0.4 is 5.32 Å². The van der Waals surface area contributed by atoms with E-state index >= 15 is 0 Å². The fourth-order valence-electron chi connectivity index (χ4n) is 1.76. The number of carbonyl (C=O) groups excluding carboxylic acids is 1. The summed E-state index contributed by atoms with van der Waals surface area (Å²) in [5, 5.41) is 2.04. The summed E-state index contributed by atoms with van der Waals surface area (Å²) in [7, 11) is -1.45. The maximum Gasteiger partial charge on any atom is 0.269 e. The van der Waals surface area contributed by atoms with Crippen molar-refractivity contribution in [3.63, 3.8) is 0 Å². The van der Waals surface area contributed by atoms with Crippen LogP contribution in [0.25, 0.3) is 0 Å². The minimum absolute atomic E-state index is 0.0924. The summed E-state index contributed by atoms with van der Waals surface area (Å²) in [6, 6.07) is -0.538. The summed E-state index contributed by atoms with van der Waals surface area (Å²) in [6.45, 7) is 0. The second-order valence-electron chi connectivity index (χ2n) is 4.06. The predicted molar refractivity (Wildman–Crippen MR) is 62.8 cm³/mol. The third-order valence-corrected chi connectivity index (χ3v) is 5.02. The number of aromatic nitrogens is 2. The fourth-order valence-corrected chi connectivity index (χ4v) is 4.31.